The van der Waals surface area contributed by atoms with Crippen LogP contribution in [0.15, 0.2) is 16.9 Å². The van der Waals surface area contributed by atoms with Gasteiger partial charge in [0.15, 0.2) is 5.43 Å². The first-order chi connectivity index (χ1) is 7.90. The number of nitrogens with zero attached hydrogens (tertiary/aromatic N) is 1. The normalized spacial score (nSPS) is 12.5. The van der Waals surface area contributed by atoms with Crippen molar-refractivity contribution < 1.29 is 4.79 Å². The standard InChI is InChI=1S/C12H19N3O2/c1-8-5-10(16)6-11(14-8)12(17)13-7-9(2)15(3)4/h5-6,9H,7H2,1-4H3,(H,13,17)(H,14,16). The molecule has 0 spiro atoms. The number of pyridine rings is 1. The third-order valence-electron chi connectivity index (χ3n) is 2.66. The van der Waals surface area contributed by atoms with E-state index in [1.165, 1.54) is 12.1 Å². The SMILES string of the molecule is Cc1cc(=O)cc(C(=O)NCC(C)N(C)C)[nH]1. The minimum Gasteiger partial charge on any atom is -0.354 e. The molecule has 1 rings (SSSR count). The summed E-state index contributed by atoms with van der Waals surface area (Å²) in [6, 6.07) is 3.01. The molecule has 17 heavy (non-hydrogen) atoms. The van der Waals surface area contributed by atoms with Gasteiger partial charge in [0.1, 0.15) is 5.69 Å². The monoisotopic (exact) mass is 237 g/mol. The third-order valence-corrected chi connectivity index (χ3v) is 2.66. The fourth-order valence-corrected chi connectivity index (χ4v) is 1.32. The van der Waals surface area contributed by atoms with E-state index in [0.717, 1.165) is 0 Å². The third kappa shape index (κ3) is 4.03. The Morgan fingerprint density at radius 3 is 2.65 bits per heavy atom. The zero-order valence-corrected chi connectivity index (χ0v) is 10.7. The minimum absolute atomic E-state index is 0.160. The second kappa shape index (κ2) is 5.63. The second-order valence-corrected chi connectivity index (χ2v) is 4.44. The highest BCUT2D eigenvalue weighted by Crippen LogP contribution is 1.95. The number of likely N-dealkylation sites (N-methyl/N-ethyl adjacent to an activating group) is 1. The summed E-state index contributed by atoms with van der Waals surface area (Å²) in [6.45, 7) is 4.31. The van der Waals surface area contributed by atoms with Crippen molar-refractivity contribution in [2.24, 2.45) is 0 Å². The number of amides is 1. The van der Waals surface area contributed by atoms with Gasteiger partial charge in [0.25, 0.3) is 5.91 Å². The van der Waals surface area contributed by atoms with Crippen LogP contribution in [0.5, 0.6) is 0 Å². The molecule has 1 atom stereocenters. The van der Waals surface area contributed by atoms with Crippen LogP contribution in [0.2, 0.25) is 0 Å². The first-order valence-electron chi connectivity index (χ1n) is 5.55. The maximum Gasteiger partial charge on any atom is 0.267 e. The molecule has 0 saturated heterocycles. The molecule has 1 aromatic rings. The van der Waals surface area contributed by atoms with Crippen molar-refractivity contribution in [1.82, 2.24) is 15.2 Å². The Balaban J connectivity index is 2.67. The number of carbonyl (C=O) groups is 1. The predicted octanol–water partition coefficient (Wildman–Crippen LogP) is 0.363. The fraction of sp³-hybridized carbons (Fsp3) is 0.500. The number of aryl methyl sites for hydroxylation is 1. The summed E-state index contributed by atoms with van der Waals surface area (Å²) >= 11 is 0. The van der Waals surface area contributed by atoms with Gasteiger partial charge in [0, 0.05) is 30.4 Å². The lowest BCUT2D eigenvalue weighted by atomic mass is 10.2. The quantitative estimate of drug-likeness (QED) is 0.795. The van der Waals surface area contributed by atoms with Gasteiger partial charge in [-0.25, -0.2) is 0 Å². The average Bonchev–Trinajstić information content (AvgIpc) is 2.23. The predicted molar refractivity (Wildman–Crippen MR) is 67.3 cm³/mol. The van der Waals surface area contributed by atoms with E-state index in [2.05, 4.69) is 10.3 Å². The topological polar surface area (TPSA) is 65.2 Å². The first kappa shape index (κ1) is 13.4. The highest BCUT2D eigenvalue weighted by Gasteiger charge is 2.10. The maximum atomic E-state index is 11.8. The van der Waals surface area contributed by atoms with Crippen molar-refractivity contribution in [1.29, 1.82) is 0 Å². The van der Waals surface area contributed by atoms with Crippen LogP contribution < -0.4 is 10.7 Å². The van der Waals surface area contributed by atoms with Crippen LogP contribution >= 0.6 is 0 Å². The Bertz CT molecular complexity index is 451. The van der Waals surface area contributed by atoms with Crippen molar-refractivity contribution in [3.8, 4) is 0 Å². The van der Waals surface area contributed by atoms with E-state index in [0.29, 0.717) is 17.9 Å². The van der Waals surface area contributed by atoms with Gasteiger partial charge in [-0.2, -0.15) is 0 Å². The molecule has 1 heterocycles. The molecule has 1 unspecified atom stereocenters. The molecule has 1 aromatic heterocycles. The van der Waals surface area contributed by atoms with Crippen molar-refractivity contribution >= 4 is 5.91 Å². The van der Waals surface area contributed by atoms with Crippen LogP contribution in [0.1, 0.15) is 23.1 Å². The summed E-state index contributed by atoms with van der Waals surface area (Å²) < 4.78 is 0. The van der Waals surface area contributed by atoms with Crippen LogP contribution in [0, 0.1) is 6.92 Å². The van der Waals surface area contributed by atoms with Gasteiger partial charge in [-0.15, -0.1) is 0 Å². The van der Waals surface area contributed by atoms with E-state index >= 15 is 0 Å². The molecular formula is C12H19N3O2. The molecule has 0 aliphatic rings. The summed E-state index contributed by atoms with van der Waals surface area (Å²) in [4.78, 5) is 27.9. The molecule has 5 nitrogen and oxygen atoms in total. The van der Waals surface area contributed by atoms with E-state index in [9.17, 15) is 9.59 Å². The minimum atomic E-state index is -0.250. The van der Waals surface area contributed by atoms with Crippen LogP contribution in [-0.4, -0.2) is 42.5 Å². The number of H-pyrrole nitrogens is 1. The van der Waals surface area contributed by atoms with Crippen LogP contribution in [0.25, 0.3) is 0 Å². The van der Waals surface area contributed by atoms with Crippen molar-refractivity contribution in [3.05, 3.63) is 33.7 Å². The molecule has 0 radical (unpaired) electrons. The van der Waals surface area contributed by atoms with Gasteiger partial charge in [-0.3, -0.25) is 9.59 Å². The van der Waals surface area contributed by atoms with Gasteiger partial charge >= 0.3 is 0 Å². The summed E-state index contributed by atoms with van der Waals surface area (Å²) in [7, 11) is 3.90. The van der Waals surface area contributed by atoms with Crippen LogP contribution in [-0.2, 0) is 0 Å². The zero-order valence-electron chi connectivity index (χ0n) is 10.7. The Morgan fingerprint density at radius 1 is 1.47 bits per heavy atom. The number of rotatable bonds is 4. The zero-order chi connectivity index (χ0) is 13.0. The molecule has 0 fully saturated rings. The lowest BCUT2D eigenvalue weighted by Gasteiger charge is -2.19. The molecule has 1 amide bonds. The second-order valence-electron chi connectivity index (χ2n) is 4.44. The number of aromatic nitrogens is 1. The summed E-state index contributed by atoms with van der Waals surface area (Å²) in [5.41, 5.74) is 0.830. The number of aromatic amines is 1. The molecule has 0 aromatic carbocycles. The van der Waals surface area contributed by atoms with Crippen LogP contribution in [0.4, 0.5) is 0 Å². The van der Waals surface area contributed by atoms with E-state index in [1.54, 1.807) is 6.92 Å². The Hall–Kier alpha value is -1.62. The Kier molecular flexibility index (Phi) is 4.45. The molecule has 0 saturated carbocycles. The largest absolute Gasteiger partial charge is 0.354 e. The lowest BCUT2D eigenvalue weighted by molar-refractivity contribution is 0.0938. The highest BCUT2D eigenvalue weighted by molar-refractivity contribution is 5.92. The summed E-state index contributed by atoms with van der Waals surface area (Å²) in [5.74, 6) is -0.250. The maximum absolute atomic E-state index is 11.8. The van der Waals surface area contributed by atoms with E-state index in [1.807, 2.05) is 25.9 Å². The summed E-state index contributed by atoms with van der Waals surface area (Å²) in [6.07, 6.45) is 0. The Labute approximate surface area is 101 Å². The number of carbonyl (C=O) groups excluding carboxylic acids is 1. The lowest BCUT2D eigenvalue weighted by Crippen LogP contribution is -2.38. The molecule has 0 aliphatic heterocycles. The average molecular weight is 237 g/mol. The van der Waals surface area contributed by atoms with E-state index in [-0.39, 0.29) is 17.4 Å². The van der Waals surface area contributed by atoms with Crippen LogP contribution in [0.3, 0.4) is 0 Å². The molecular weight excluding hydrogens is 218 g/mol. The van der Waals surface area contributed by atoms with Gasteiger partial charge in [0.05, 0.1) is 0 Å². The van der Waals surface area contributed by atoms with Crippen molar-refractivity contribution in [2.75, 3.05) is 20.6 Å². The molecule has 0 aliphatic carbocycles. The van der Waals surface area contributed by atoms with Crippen molar-refractivity contribution in [2.45, 2.75) is 19.9 Å². The van der Waals surface area contributed by atoms with Gasteiger partial charge in [-0.1, -0.05) is 0 Å². The van der Waals surface area contributed by atoms with Gasteiger partial charge in [-0.05, 0) is 27.9 Å². The molecule has 5 heteroatoms. The molecule has 94 valence electrons. The van der Waals surface area contributed by atoms with E-state index in [4.69, 9.17) is 0 Å². The Morgan fingerprint density at radius 2 is 2.12 bits per heavy atom. The number of hydrogen-bond acceptors (Lipinski definition) is 3. The number of nitrogens with one attached hydrogen (secondary N) is 2. The van der Waals surface area contributed by atoms with Gasteiger partial charge in [0.2, 0.25) is 0 Å². The molecule has 2 N–H and O–H groups in total. The smallest absolute Gasteiger partial charge is 0.267 e. The van der Waals surface area contributed by atoms with Crippen molar-refractivity contribution in [3.63, 3.8) is 0 Å². The van der Waals surface area contributed by atoms with E-state index < -0.39 is 0 Å². The first-order valence-corrected chi connectivity index (χ1v) is 5.55. The fourth-order valence-electron chi connectivity index (χ4n) is 1.32. The molecule has 0 bridgehead atoms. The highest BCUT2D eigenvalue weighted by atomic mass is 16.2. The number of hydrogen-bond donors (Lipinski definition) is 2. The summed E-state index contributed by atoms with van der Waals surface area (Å²) in [5, 5.41) is 2.78. The van der Waals surface area contributed by atoms with Gasteiger partial charge < -0.3 is 15.2 Å².